The van der Waals surface area contributed by atoms with Gasteiger partial charge in [-0.05, 0) is 54.7 Å². The highest BCUT2D eigenvalue weighted by molar-refractivity contribution is 6.03. The van der Waals surface area contributed by atoms with E-state index >= 15 is 0 Å². The van der Waals surface area contributed by atoms with E-state index in [0.717, 1.165) is 11.3 Å². The maximum Gasteiger partial charge on any atom is 0.256 e. The molecule has 1 aromatic heterocycles. The average Bonchev–Trinajstić information content (AvgIpc) is 2.36. The number of amides is 1. The normalized spacial score (nSPS) is 11.3. The molecule has 2 rings (SSSR count). The van der Waals surface area contributed by atoms with Gasteiger partial charge in [-0.1, -0.05) is 32.9 Å². The molecule has 1 heterocycles. The Bertz CT molecular complexity index is 632. The smallest absolute Gasteiger partial charge is 0.256 e. The van der Waals surface area contributed by atoms with Crippen molar-refractivity contribution in [2.45, 2.75) is 40.0 Å². The number of benzene rings is 1. The van der Waals surface area contributed by atoms with Crippen LogP contribution in [0, 0.1) is 13.8 Å². The molecule has 0 saturated carbocycles. The predicted octanol–water partition coefficient (Wildman–Crippen LogP) is 4.25. The topological polar surface area (TPSA) is 42.0 Å². The molecule has 0 bridgehead atoms. The quantitative estimate of drug-likeness (QED) is 0.894. The fraction of sp³-hybridized carbons (Fsp3) is 0.333. The second-order valence-electron chi connectivity index (χ2n) is 6.45. The van der Waals surface area contributed by atoms with Crippen LogP contribution in [0.5, 0.6) is 0 Å². The van der Waals surface area contributed by atoms with Gasteiger partial charge in [0.2, 0.25) is 0 Å². The number of rotatable bonds is 2. The van der Waals surface area contributed by atoms with E-state index in [1.54, 1.807) is 0 Å². The van der Waals surface area contributed by atoms with Crippen LogP contribution in [-0.4, -0.2) is 10.9 Å². The van der Waals surface area contributed by atoms with Gasteiger partial charge in [0.25, 0.3) is 5.91 Å². The van der Waals surface area contributed by atoms with Crippen molar-refractivity contribution in [3.63, 3.8) is 0 Å². The predicted molar refractivity (Wildman–Crippen MR) is 86.8 cm³/mol. The van der Waals surface area contributed by atoms with Crippen LogP contribution in [0.2, 0.25) is 0 Å². The van der Waals surface area contributed by atoms with Crippen LogP contribution in [0.1, 0.15) is 48.0 Å². The Labute approximate surface area is 126 Å². The van der Waals surface area contributed by atoms with Gasteiger partial charge in [-0.2, -0.15) is 0 Å². The first-order valence-electron chi connectivity index (χ1n) is 7.13. The lowest BCUT2D eigenvalue weighted by atomic mass is 9.87. The first-order valence-corrected chi connectivity index (χ1v) is 7.13. The van der Waals surface area contributed by atoms with Gasteiger partial charge in [-0.15, -0.1) is 0 Å². The minimum absolute atomic E-state index is 0.0875. The van der Waals surface area contributed by atoms with Crippen LogP contribution in [-0.2, 0) is 5.41 Å². The third-order valence-corrected chi connectivity index (χ3v) is 3.35. The summed E-state index contributed by atoms with van der Waals surface area (Å²) in [5.74, 6) is 0.463. The van der Waals surface area contributed by atoms with Crippen LogP contribution >= 0.6 is 0 Å². The Morgan fingerprint density at radius 1 is 1.05 bits per heavy atom. The highest BCUT2D eigenvalue weighted by atomic mass is 16.1. The second-order valence-corrected chi connectivity index (χ2v) is 6.45. The number of carbonyl (C=O) groups excluding carboxylic acids is 1. The summed E-state index contributed by atoms with van der Waals surface area (Å²) in [6, 6.07) is 11.6. The zero-order valence-corrected chi connectivity index (χ0v) is 13.3. The Kier molecular flexibility index (Phi) is 4.12. The van der Waals surface area contributed by atoms with Gasteiger partial charge in [-0.25, -0.2) is 4.98 Å². The molecule has 21 heavy (non-hydrogen) atoms. The Hall–Kier alpha value is -2.16. The van der Waals surface area contributed by atoms with Crippen molar-refractivity contribution in [2.75, 3.05) is 5.32 Å². The number of nitrogens with one attached hydrogen (secondary N) is 1. The van der Waals surface area contributed by atoms with Crippen molar-refractivity contribution in [3.05, 3.63) is 58.8 Å². The lowest BCUT2D eigenvalue weighted by molar-refractivity contribution is 0.102. The Morgan fingerprint density at radius 3 is 2.19 bits per heavy atom. The fourth-order valence-corrected chi connectivity index (χ4v) is 2.22. The summed E-state index contributed by atoms with van der Waals surface area (Å²) in [6.07, 6.45) is 0. The van der Waals surface area contributed by atoms with Crippen molar-refractivity contribution in [1.29, 1.82) is 0 Å². The van der Waals surface area contributed by atoms with Gasteiger partial charge in [0.05, 0.1) is 0 Å². The highest BCUT2D eigenvalue weighted by Crippen LogP contribution is 2.22. The molecular weight excluding hydrogens is 260 g/mol. The Morgan fingerprint density at radius 2 is 1.67 bits per heavy atom. The molecule has 0 unspecified atom stereocenters. The molecular formula is C18H22N2O. The molecule has 3 heteroatoms. The maximum atomic E-state index is 12.2. The monoisotopic (exact) mass is 282 g/mol. The van der Waals surface area contributed by atoms with Crippen molar-refractivity contribution >= 4 is 11.7 Å². The number of anilines is 1. The summed E-state index contributed by atoms with van der Waals surface area (Å²) in [7, 11) is 0. The molecule has 3 nitrogen and oxygen atoms in total. The van der Waals surface area contributed by atoms with Crippen LogP contribution in [0.4, 0.5) is 5.82 Å². The van der Waals surface area contributed by atoms with Crippen LogP contribution in [0.3, 0.4) is 0 Å². The van der Waals surface area contributed by atoms with E-state index in [4.69, 9.17) is 0 Å². The summed E-state index contributed by atoms with van der Waals surface area (Å²) in [5, 5.41) is 2.85. The van der Waals surface area contributed by atoms with Gasteiger partial charge in [0.15, 0.2) is 0 Å². The van der Waals surface area contributed by atoms with Crippen LogP contribution < -0.4 is 5.32 Å². The molecule has 0 aliphatic heterocycles. The first kappa shape index (κ1) is 15.2. The molecule has 2 aromatic rings. The molecule has 110 valence electrons. The second kappa shape index (κ2) is 5.68. The third kappa shape index (κ3) is 3.91. The van der Waals surface area contributed by atoms with Crippen molar-refractivity contribution in [3.8, 4) is 0 Å². The van der Waals surface area contributed by atoms with E-state index in [-0.39, 0.29) is 11.3 Å². The Balaban J connectivity index is 2.17. The van der Waals surface area contributed by atoms with E-state index in [0.29, 0.717) is 11.4 Å². The zero-order valence-electron chi connectivity index (χ0n) is 13.3. The van der Waals surface area contributed by atoms with Crippen LogP contribution in [0.25, 0.3) is 0 Å². The van der Waals surface area contributed by atoms with E-state index in [1.807, 2.05) is 50.2 Å². The molecule has 0 saturated heterocycles. The minimum atomic E-state index is -0.132. The number of nitrogens with zero attached hydrogens (tertiary/aromatic N) is 1. The van der Waals surface area contributed by atoms with Crippen molar-refractivity contribution < 1.29 is 4.79 Å². The van der Waals surface area contributed by atoms with E-state index in [1.165, 1.54) is 5.56 Å². The number of hydrogen-bond donors (Lipinski definition) is 1. The minimum Gasteiger partial charge on any atom is -0.307 e. The van der Waals surface area contributed by atoms with E-state index in [9.17, 15) is 4.79 Å². The molecule has 0 atom stereocenters. The maximum absolute atomic E-state index is 12.2. The lowest BCUT2D eigenvalue weighted by Crippen LogP contribution is -2.15. The van der Waals surface area contributed by atoms with Crippen LogP contribution in [0.15, 0.2) is 36.4 Å². The number of hydrogen-bond acceptors (Lipinski definition) is 2. The van der Waals surface area contributed by atoms with Crippen molar-refractivity contribution in [1.82, 2.24) is 4.98 Å². The third-order valence-electron chi connectivity index (χ3n) is 3.35. The molecule has 1 amide bonds. The van der Waals surface area contributed by atoms with E-state index < -0.39 is 0 Å². The summed E-state index contributed by atoms with van der Waals surface area (Å²) < 4.78 is 0. The highest BCUT2D eigenvalue weighted by Gasteiger charge is 2.14. The molecule has 0 aliphatic rings. The van der Waals surface area contributed by atoms with Gasteiger partial charge in [0, 0.05) is 11.3 Å². The van der Waals surface area contributed by atoms with Gasteiger partial charge in [0.1, 0.15) is 5.82 Å². The summed E-state index contributed by atoms with van der Waals surface area (Å²) >= 11 is 0. The lowest BCUT2D eigenvalue weighted by Gasteiger charge is -2.19. The molecule has 1 aromatic carbocycles. The number of pyridine rings is 1. The molecule has 0 radical (unpaired) electrons. The number of aryl methyl sites for hydroxylation is 2. The fourth-order valence-electron chi connectivity index (χ4n) is 2.22. The molecule has 0 fully saturated rings. The number of aromatic nitrogens is 1. The van der Waals surface area contributed by atoms with Gasteiger partial charge >= 0.3 is 0 Å². The average molecular weight is 282 g/mol. The van der Waals surface area contributed by atoms with Gasteiger partial charge in [-0.3, -0.25) is 4.79 Å². The molecule has 0 aliphatic carbocycles. The molecule has 1 N–H and O–H groups in total. The van der Waals surface area contributed by atoms with E-state index in [2.05, 4.69) is 31.1 Å². The molecule has 0 spiro atoms. The summed E-state index contributed by atoms with van der Waals surface area (Å²) in [4.78, 5) is 16.6. The SMILES string of the molecule is Cc1cc(C)nc(NC(=O)c2ccc(C(C)(C)C)cc2)c1. The van der Waals surface area contributed by atoms with Crippen molar-refractivity contribution in [2.24, 2.45) is 0 Å². The largest absolute Gasteiger partial charge is 0.307 e. The first-order chi connectivity index (χ1) is 9.75. The number of carbonyl (C=O) groups is 1. The van der Waals surface area contributed by atoms with Gasteiger partial charge < -0.3 is 5.32 Å². The summed E-state index contributed by atoms with van der Waals surface area (Å²) in [5.41, 5.74) is 3.92. The zero-order chi connectivity index (χ0) is 15.6. The summed E-state index contributed by atoms with van der Waals surface area (Å²) in [6.45, 7) is 10.4. The standard InChI is InChI=1S/C18H22N2O/c1-12-10-13(2)19-16(11-12)20-17(21)14-6-8-15(9-7-14)18(3,4)5/h6-11H,1-5H3,(H,19,20,21).